The molecular weight excluding hydrogens is 322 g/mol. The molecular formula is C18H27N3O4. The second-order valence-corrected chi connectivity index (χ2v) is 6.42. The zero-order valence-electron chi connectivity index (χ0n) is 14.6. The van der Waals surface area contributed by atoms with Crippen molar-refractivity contribution in [3.05, 3.63) is 35.9 Å². The average Bonchev–Trinajstić information content (AvgIpc) is 2.60. The zero-order chi connectivity index (χ0) is 18.8. The Bertz CT molecular complexity index is 563. The van der Waals surface area contributed by atoms with E-state index in [-0.39, 0.29) is 12.3 Å². The fraction of sp³-hybridized carbons (Fsp3) is 0.500. The highest BCUT2D eigenvalue weighted by molar-refractivity contribution is 5.91. The smallest absolute Gasteiger partial charge is 0.243 e. The van der Waals surface area contributed by atoms with Crippen molar-refractivity contribution in [1.29, 1.82) is 0 Å². The van der Waals surface area contributed by atoms with Gasteiger partial charge in [-0.2, -0.15) is 0 Å². The molecule has 0 spiro atoms. The summed E-state index contributed by atoms with van der Waals surface area (Å²) in [7, 11) is 0. The Morgan fingerprint density at radius 2 is 1.80 bits per heavy atom. The van der Waals surface area contributed by atoms with E-state index in [0.29, 0.717) is 12.7 Å². The van der Waals surface area contributed by atoms with E-state index in [4.69, 9.17) is 10.8 Å². The lowest BCUT2D eigenvalue weighted by Gasteiger charge is -2.23. The van der Waals surface area contributed by atoms with Gasteiger partial charge in [0.05, 0.1) is 12.6 Å². The van der Waals surface area contributed by atoms with Crippen LogP contribution in [0.15, 0.2) is 30.3 Å². The van der Waals surface area contributed by atoms with Crippen LogP contribution in [0.25, 0.3) is 0 Å². The van der Waals surface area contributed by atoms with Crippen LogP contribution in [0.3, 0.4) is 0 Å². The molecule has 0 unspecified atom stereocenters. The number of aldehydes is 1. The second kappa shape index (κ2) is 10.6. The van der Waals surface area contributed by atoms with E-state index in [1.165, 1.54) is 0 Å². The highest BCUT2D eigenvalue weighted by Gasteiger charge is 2.25. The summed E-state index contributed by atoms with van der Waals surface area (Å²) in [5.41, 5.74) is 6.36. The van der Waals surface area contributed by atoms with Crippen LogP contribution >= 0.6 is 0 Å². The lowest BCUT2D eigenvalue weighted by molar-refractivity contribution is -0.131. The van der Waals surface area contributed by atoms with E-state index in [0.717, 1.165) is 5.56 Å². The van der Waals surface area contributed by atoms with Gasteiger partial charge in [0.2, 0.25) is 11.8 Å². The van der Waals surface area contributed by atoms with Gasteiger partial charge in [0.25, 0.3) is 0 Å². The quantitative estimate of drug-likeness (QED) is 0.435. The summed E-state index contributed by atoms with van der Waals surface area (Å²) in [5.74, 6) is -0.842. The third kappa shape index (κ3) is 7.45. The normalized spacial score (nSPS) is 14.4. The molecule has 5 N–H and O–H groups in total. The van der Waals surface area contributed by atoms with Crippen LogP contribution in [0, 0.1) is 5.92 Å². The maximum Gasteiger partial charge on any atom is 0.243 e. The molecule has 0 aliphatic carbocycles. The van der Waals surface area contributed by atoms with Crippen LogP contribution in [-0.2, 0) is 20.8 Å². The molecule has 25 heavy (non-hydrogen) atoms. The zero-order valence-corrected chi connectivity index (χ0v) is 14.6. The topological polar surface area (TPSA) is 122 Å². The molecule has 0 bridgehead atoms. The van der Waals surface area contributed by atoms with Crippen LogP contribution in [0.4, 0.5) is 0 Å². The molecule has 0 radical (unpaired) electrons. The Hall–Kier alpha value is -2.25. The van der Waals surface area contributed by atoms with Gasteiger partial charge in [0, 0.05) is 6.42 Å². The van der Waals surface area contributed by atoms with Gasteiger partial charge < -0.3 is 26.3 Å². The number of aliphatic hydroxyl groups is 1. The molecule has 0 saturated carbocycles. The fourth-order valence-electron chi connectivity index (χ4n) is 2.36. The van der Waals surface area contributed by atoms with Crippen molar-refractivity contribution in [3.63, 3.8) is 0 Å². The summed E-state index contributed by atoms with van der Waals surface area (Å²) < 4.78 is 0. The predicted octanol–water partition coefficient (Wildman–Crippen LogP) is -0.237. The van der Waals surface area contributed by atoms with E-state index >= 15 is 0 Å². The number of carbonyl (C=O) groups excluding carboxylic acids is 3. The molecule has 3 atom stereocenters. The van der Waals surface area contributed by atoms with E-state index in [2.05, 4.69) is 10.6 Å². The first-order valence-corrected chi connectivity index (χ1v) is 8.33. The molecule has 7 heteroatoms. The van der Waals surface area contributed by atoms with Gasteiger partial charge in [0.1, 0.15) is 18.4 Å². The fourth-order valence-corrected chi connectivity index (χ4v) is 2.36. The number of carbonyl (C=O) groups is 3. The molecule has 1 rings (SSSR count). The number of benzene rings is 1. The number of aliphatic hydroxyl groups excluding tert-OH is 1. The Kier molecular flexibility index (Phi) is 8.80. The maximum atomic E-state index is 12.6. The first-order valence-electron chi connectivity index (χ1n) is 8.33. The van der Waals surface area contributed by atoms with Crippen molar-refractivity contribution in [3.8, 4) is 0 Å². The van der Waals surface area contributed by atoms with Crippen molar-refractivity contribution in [1.82, 2.24) is 10.6 Å². The summed E-state index contributed by atoms with van der Waals surface area (Å²) in [6, 6.07) is 6.58. The van der Waals surface area contributed by atoms with Crippen molar-refractivity contribution in [2.24, 2.45) is 11.7 Å². The minimum atomic E-state index is -1.11. The highest BCUT2D eigenvalue weighted by Crippen LogP contribution is 2.06. The number of hydrogen-bond donors (Lipinski definition) is 4. The van der Waals surface area contributed by atoms with Gasteiger partial charge >= 0.3 is 0 Å². The van der Waals surface area contributed by atoms with E-state index in [1.54, 1.807) is 0 Å². The minimum Gasteiger partial charge on any atom is -0.394 e. The van der Waals surface area contributed by atoms with Gasteiger partial charge in [-0.25, -0.2) is 0 Å². The molecule has 0 aromatic heterocycles. The Morgan fingerprint density at radius 1 is 1.16 bits per heavy atom. The Balaban J connectivity index is 2.86. The highest BCUT2D eigenvalue weighted by atomic mass is 16.3. The standard InChI is InChI=1S/C18H27N3O4/c1-12(2)8-14(10-22)20-18(25)16(21-17(24)15(19)11-23)9-13-6-4-3-5-7-13/h3-7,10,12,14-16,23H,8-9,11,19H2,1-2H3,(H,20,25)(H,21,24)/t14-,15-,16-/m0/s1. The number of amides is 2. The monoisotopic (exact) mass is 349 g/mol. The minimum absolute atomic E-state index is 0.237. The molecule has 0 aliphatic rings. The molecule has 7 nitrogen and oxygen atoms in total. The van der Waals surface area contributed by atoms with Gasteiger partial charge in [-0.05, 0) is 17.9 Å². The lowest BCUT2D eigenvalue weighted by Crippen LogP contribution is -2.55. The maximum absolute atomic E-state index is 12.6. The van der Waals surface area contributed by atoms with Crippen molar-refractivity contribution < 1.29 is 19.5 Å². The van der Waals surface area contributed by atoms with Crippen LogP contribution in [-0.4, -0.2) is 47.9 Å². The summed E-state index contributed by atoms with van der Waals surface area (Å²) in [6.45, 7) is 3.38. The first kappa shape index (κ1) is 20.8. The third-order valence-corrected chi connectivity index (χ3v) is 3.67. The Morgan fingerprint density at radius 3 is 2.32 bits per heavy atom. The van der Waals surface area contributed by atoms with Crippen LogP contribution in [0.2, 0.25) is 0 Å². The van der Waals surface area contributed by atoms with Crippen molar-refractivity contribution in [2.75, 3.05) is 6.61 Å². The molecule has 0 aliphatic heterocycles. The third-order valence-electron chi connectivity index (χ3n) is 3.67. The summed E-state index contributed by atoms with van der Waals surface area (Å²) >= 11 is 0. The summed E-state index contributed by atoms with van der Waals surface area (Å²) in [4.78, 5) is 35.7. The molecule has 2 amide bonds. The number of nitrogens with one attached hydrogen (secondary N) is 2. The molecule has 1 aromatic rings. The molecule has 0 saturated heterocycles. The van der Waals surface area contributed by atoms with E-state index in [9.17, 15) is 14.4 Å². The number of nitrogens with two attached hydrogens (primary N) is 1. The van der Waals surface area contributed by atoms with Crippen LogP contribution in [0.5, 0.6) is 0 Å². The van der Waals surface area contributed by atoms with Crippen molar-refractivity contribution in [2.45, 2.75) is 44.8 Å². The van der Waals surface area contributed by atoms with Gasteiger partial charge in [-0.3, -0.25) is 9.59 Å². The van der Waals surface area contributed by atoms with Gasteiger partial charge in [0.15, 0.2) is 0 Å². The number of hydrogen-bond acceptors (Lipinski definition) is 5. The predicted molar refractivity (Wildman–Crippen MR) is 94.6 cm³/mol. The van der Waals surface area contributed by atoms with Gasteiger partial charge in [-0.1, -0.05) is 44.2 Å². The number of rotatable bonds is 10. The Labute approximate surface area is 148 Å². The SMILES string of the molecule is CC(C)C[C@@H](C=O)NC(=O)[C@H](Cc1ccccc1)NC(=O)[C@@H](N)CO. The second-order valence-electron chi connectivity index (χ2n) is 6.42. The lowest BCUT2D eigenvalue weighted by atomic mass is 10.0. The summed E-state index contributed by atoms with van der Waals surface area (Å²) in [6.07, 6.45) is 1.46. The molecule has 1 aromatic carbocycles. The van der Waals surface area contributed by atoms with Crippen LogP contribution < -0.4 is 16.4 Å². The average molecular weight is 349 g/mol. The molecule has 0 heterocycles. The van der Waals surface area contributed by atoms with E-state index < -0.39 is 36.5 Å². The van der Waals surface area contributed by atoms with Gasteiger partial charge in [-0.15, -0.1) is 0 Å². The first-order chi connectivity index (χ1) is 11.9. The molecule has 0 fully saturated rings. The van der Waals surface area contributed by atoms with Crippen LogP contribution in [0.1, 0.15) is 25.8 Å². The van der Waals surface area contributed by atoms with E-state index in [1.807, 2.05) is 44.2 Å². The molecule has 138 valence electrons. The largest absolute Gasteiger partial charge is 0.394 e. The summed E-state index contributed by atoms with van der Waals surface area (Å²) in [5, 5.41) is 14.2. The van der Waals surface area contributed by atoms with Crippen molar-refractivity contribution >= 4 is 18.1 Å².